The monoisotopic (exact) mass is 436 g/mol. The van der Waals surface area contributed by atoms with Crippen molar-refractivity contribution in [3.8, 4) is 0 Å². The van der Waals surface area contributed by atoms with E-state index in [0.717, 1.165) is 12.4 Å². The summed E-state index contributed by atoms with van der Waals surface area (Å²) in [6, 6.07) is 3.67. The van der Waals surface area contributed by atoms with Gasteiger partial charge in [0.1, 0.15) is 5.76 Å². The summed E-state index contributed by atoms with van der Waals surface area (Å²) in [5.41, 5.74) is 5.15. The molecule has 1 aromatic heterocycles. The minimum Gasteiger partial charge on any atom is -0.454 e. The summed E-state index contributed by atoms with van der Waals surface area (Å²) in [4.78, 5) is 15.2. The molecule has 23 heavy (non-hydrogen) atoms. The second-order valence-corrected chi connectivity index (χ2v) is 5.45. The summed E-state index contributed by atoms with van der Waals surface area (Å²) in [5, 5.41) is 6.51. The van der Waals surface area contributed by atoms with Crippen LogP contribution in [0.1, 0.15) is 62.3 Å². The van der Waals surface area contributed by atoms with Crippen molar-refractivity contribution in [3.05, 3.63) is 23.7 Å². The molecule has 1 heterocycles. The zero-order valence-electron chi connectivity index (χ0n) is 14.2. The van der Waals surface area contributed by atoms with E-state index in [0.29, 0.717) is 18.3 Å². The molecular weight excluding hydrogens is 407 g/mol. The maximum absolute atomic E-state index is 11.0. The van der Waals surface area contributed by atoms with Crippen LogP contribution in [0.4, 0.5) is 0 Å². The molecule has 1 aromatic rings. The topological polar surface area (TPSA) is 92.6 Å². The number of amides is 1. The van der Waals surface area contributed by atoms with Crippen LogP contribution in [0.25, 0.3) is 0 Å². The van der Waals surface area contributed by atoms with Crippen molar-refractivity contribution in [1.29, 1.82) is 0 Å². The van der Waals surface area contributed by atoms with E-state index in [4.69, 9.17) is 10.2 Å². The first-order valence-electron chi connectivity index (χ1n) is 7.92. The zero-order valence-corrected chi connectivity index (χ0v) is 16.6. The number of nitrogens with one attached hydrogen (secondary N) is 2. The molecule has 0 aliphatic carbocycles. The highest BCUT2D eigenvalue weighted by molar-refractivity contribution is 14.0. The number of primary amides is 1. The Morgan fingerprint density at radius 3 is 2.65 bits per heavy atom. The molecule has 1 amide bonds. The summed E-state index contributed by atoms with van der Waals surface area (Å²) in [6.07, 6.45) is 6.16. The Bertz CT molecular complexity index is 488. The van der Waals surface area contributed by atoms with Crippen molar-refractivity contribution in [2.75, 3.05) is 7.05 Å². The maximum atomic E-state index is 11.0. The molecule has 4 N–H and O–H groups in total. The van der Waals surface area contributed by atoms with Gasteiger partial charge in [-0.25, -0.2) is 0 Å². The van der Waals surface area contributed by atoms with Crippen LogP contribution in [0.2, 0.25) is 0 Å². The molecule has 0 spiro atoms. The van der Waals surface area contributed by atoms with Crippen molar-refractivity contribution >= 4 is 35.8 Å². The van der Waals surface area contributed by atoms with Crippen molar-refractivity contribution in [3.63, 3.8) is 0 Å². The molecule has 0 fully saturated rings. The Kier molecular flexibility index (Phi) is 11.5. The fraction of sp³-hybridized carbons (Fsp3) is 0.625. The first-order chi connectivity index (χ1) is 10.6. The molecule has 7 heteroatoms. The van der Waals surface area contributed by atoms with Gasteiger partial charge in [-0.15, -0.1) is 24.0 Å². The Morgan fingerprint density at radius 2 is 2.09 bits per heavy atom. The third-order valence-electron chi connectivity index (χ3n) is 3.43. The van der Waals surface area contributed by atoms with Gasteiger partial charge in [0.15, 0.2) is 11.7 Å². The molecule has 0 saturated carbocycles. The summed E-state index contributed by atoms with van der Waals surface area (Å²) in [5.74, 6) is 0.978. The van der Waals surface area contributed by atoms with Gasteiger partial charge in [-0.3, -0.25) is 9.79 Å². The highest BCUT2D eigenvalue weighted by Gasteiger charge is 2.09. The summed E-state index contributed by atoms with van der Waals surface area (Å²) >= 11 is 0. The number of aliphatic imine (C=N–C) groups is 1. The van der Waals surface area contributed by atoms with Crippen LogP contribution in [-0.4, -0.2) is 25.0 Å². The molecule has 0 aromatic carbocycles. The normalized spacial score (nSPS) is 12.4. The highest BCUT2D eigenvalue weighted by atomic mass is 127. The van der Waals surface area contributed by atoms with Gasteiger partial charge in [0.2, 0.25) is 0 Å². The van der Waals surface area contributed by atoms with E-state index in [1.54, 1.807) is 19.2 Å². The molecule has 1 rings (SSSR count). The van der Waals surface area contributed by atoms with E-state index in [-0.39, 0.29) is 29.7 Å². The van der Waals surface area contributed by atoms with Crippen LogP contribution in [0.15, 0.2) is 21.5 Å². The Balaban J connectivity index is 0.00000484. The van der Waals surface area contributed by atoms with E-state index >= 15 is 0 Å². The first-order valence-corrected chi connectivity index (χ1v) is 7.92. The fourth-order valence-corrected chi connectivity index (χ4v) is 2.15. The van der Waals surface area contributed by atoms with Crippen molar-refractivity contribution in [1.82, 2.24) is 10.6 Å². The molecule has 1 unspecified atom stereocenters. The van der Waals surface area contributed by atoms with E-state index in [1.165, 1.54) is 25.7 Å². The number of hydrogen-bond donors (Lipinski definition) is 3. The average Bonchev–Trinajstić information content (AvgIpc) is 2.97. The van der Waals surface area contributed by atoms with Gasteiger partial charge in [-0.05, 0) is 25.5 Å². The molecule has 0 aliphatic heterocycles. The Morgan fingerprint density at radius 1 is 1.35 bits per heavy atom. The lowest BCUT2D eigenvalue weighted by molar-refractivity contribution is 0.0972. The SMILES string of the molecule is CCCCCCC(C)NC(=NC)NCc1ccc(C(N)=O)o1.I. The first kappa shape index (κ1) is 21.8. The average molecular weight is 436 g/mol. The highest BCUT2D eigenvalue weighted by Crippen LogP contribution is 2.07. The molecule has 6 nitrogen and oxygen atoms in total. The second-order valence-electron chi connectivity index (χ2n) is 5.45. The second kappa shape index (κ2) is 12.2. The third-order valence-corrected chi connectivity index (χ3v) is 3.43. The molecule has 0 radical (unpaired) electrons. The van der Waals surface area contributed by atoms with Crippen LogP contribution < -0.4 is 16.4 Å². The standard InChI is InChI=1S/C16H28N4O2.HI/c1-4-5-6-7-8-12(2)20-16(18-3)19-11-13-9-10-14(22-13)15(17)21;/h9-10,12H,4-8,11H2,1-3H3,(H2,17,21)(H2,18,19,20);1H. The predicted molar refractivity (Wildman–Crippen MR) is 104 cm³/mol. The van der Waals surface area contributed by atoms with Crippen molar-refractivity contribution in [2.24, 2.45) is 10.7 Å². The molecule has 0 saturated heterocycles. The summed E-state index contributed by atoms with van der Waals surface area (Å²) in [7, 11) is 1.73. The minimum atomic E-state index is -0.561. The van der Waals surface area contributed by atoms with Gasteiger partial charge in [-0.1, -0.05) is 32.6 Å². The van der Waals surface area contributed by atoms with E-state index < -0.39 is 5.91 Å². The maximum Gasteiger partial charge on any atom is 0.284 e. The Hall–Kier alpha value is -1.25. The van der Waals surface area contributed by atoms with E-state index in [9.17, 15) is 4.79 Å². The number of rotatable bonds is 9. The van der Waals surface area contributed by atoms with E-state index in [2.05, 4.69) is 29.5 Å². The smallest absolute Gasteiger partial charge is 0.284 e. The number of furan rings is 1. The Labute approximate surface area is 155 Å². The van der Waals surface area contributed by atoms with Gasteiger partial charge < -0.3 is 20.8 Å². The fourth-order valence-electron chi connectivity index (χ4n) is 2.15. The number of hydrogen-bond acceptors (Lipinski definition) is 3. The van der Waals surface area contributed by atoms with Crippen LogP contribution in [-0.2, 0) is 6.54 Å². The quantitative estimate of drug-likeness (QED) is 0.240. The number of carbonyl (C=O) groups excluding carboxylic acids is 1. The number of unbranched alkanes of at least 4 members (excludes halogenated alkanes) is 3. The van der Waals surface area contributed by atoms with Crippen LogP contribution in [0.3, 0.4) is 0 Å². The van der Waals surface area contributed by atoms with E-state index in [1.807, 2.05) is 0 Å². The minimum absolute atomic E-state index is 0. The summed E-state index contributed by atoms with van der Waals surface area (Å²) < 4.78 is 5.32. The van der Waals surface area contributed by atoms with Gasteiger partial charge in [0, 0.05) is 13.1 Å². The lowest BCUT2D eigenvalue weighted by Gasteiger charge is -2.17. The van der Waals surface area contributed by atoms with Crippen LogP contribution in [0, 0.1) is 0 Å². The lowest BCUT2D eigenvalue weighted by atomic mass is 10.1. The van der Waals surface area contributed by atoms with Gasteiger partial charge in [-0.2, -0.15) is 0 Å². The van der Waals surface area contributed by atoms with Crippen LogP contribution >= 0.6 is 24.0 Å². The van der Waals surface area contributed by atoms with Gasteiger partial charge in [0.25, 0.3) is 5.91 Å². The predicted octanol–water partition coefficient (Wildman–Crippen LogP) is 3.02. The number of nitrogens with two attached hydrogens (primary N) is 1. The van der Waals surface area contributed by atoms with Gasteiger partial charge in [0.05, 0.1) is 6.54 Å². The number of nitrogens with zero attached hydrogens (tertiary/aromatic N) is 1. The largest absolute Gasteiger partial charge is 0.454 e. The molecule has 1 atom stereocenters. The molecule has 132 valence electrons. The molecule has 0 bridgehead atoms. The number of halogens is 1. The lowest BCUT2D eigenvalue weighted by Crippen LogP contribution is -2.41. The number of carbonyl (C=O) groups is 1. The number of guanidine groups is 1. The molecular formula is C16H29IN4O2. The summed E-state index contributed by atoms with van der Waals surface area (Å²) in [6.45, 7) is 4.82. The van der Waals surface area contributed by atoms with Crippen LogP contribution in [0.5, 0.6) is 0 Å². The van der Waals surface area contributed by atoms with Crippen molar-refractivity contribution in [2.45, 2.75) is 58.5 Å². The molecule has 0 aliphatic rings. The van der Waals surface area contributed by atoms with Gasteiger partial charge >= 0.3 is 0 Å². The third kappa shape index (κ3) is 8.83. The zero-order chi connectivity index (χ0) is 16.4. The van der Waals surface area contributed by atoms with Crippen molar-refractivity contribution < 1.29 is 9.21 Å².